The van der Waals surface area contributed by atoms with Crippen molar-refractivity contribution in [2.45, 2.75) is 44.7 Å². The maximum absolute atomic E-state index is 13.7. The van der Waals surface area contributed by atoms with Gasteiger partial charge in [0.1, 0.15) is 12.8 Å². The van der Waals surface area contributed by atoms with E-state index in [1.165, 1.54) is 24.1 Å². The van der Waals surface area contributed by atoms with Crippen molar-refractivity contribution in [1.82, 2.24) is 4.90 Å². The number of hydrogen-bond donors (Lipinski definition) is 2. The Labute approximate surface area is 194 Å². The van der Waals surface area contributed by atoms with E-state index in [4.69, 9.17) is 15.2 Å². The number of rotatable bonds is 6. The van der Waals surface area contributed by atoms with Gasteiger partial charge in [-0.2, -0.15) is 0 Å². The van der Waals surface area contributed by atoms with Gasteiger partial charge in [-0.05, 0) is 35.4 Å². The summed E-state index contributed by atoms with van der Waals surface area (Å²) in [5, 5.41) is 10.4. The van der Waals surface area contributed by atoms with Crippen LogP contribution in [-0.4, -0.2) is 56.4 Å². The summed E-state index contributed by atoms with van der Waals surface area (Å²) in [7, 11) is 0.120. The van der Waals surface area contributed by atoms with Crippen LogP contribution in [-0.2, 0) is 22.5 Å². The van der Waals surface area contributed by atoms with Crippen molar-refractivity contribution < 1.29 is 24.2 Å². The van der Waals surface area contributed by atoms with Crippen LogP contribution in [0.3, 0.4) is 0 Å². The fourth-order valence-corrected chi connectivity index (χ4v) is 5.03. The first-order chi connectivity index (χ1) is 15.6. The van der Waals surface area contributed by atoms with Gasteiger partial charge in [0.15, 0.2) is 11.5 Å². The lowest BCUT2D eigenvalue weighted by molar-refractivity contribution is -0.124. The third-order valence-electron chi connectivity index (χ3n) is 6.21. The molecular weight excluding hydrogens is 438 g/mol. The number of ether oxygens (including phenoxy) is 2. The quantitative estimate of drug-likeness (QED) is 0.382. The maximum atomic E-state index is 13.7. The van der Waals surface area contributed by atoms with Gasteiger partial charge in [0.25, 0.3) is 11.8 Å². The van der Waals surface area contributed by atoms with Gasteiger partial charge in [0.2, 0.25) is 0 Å². The van der Waals surface area contributed by atoms with E-state index in [9.17, 15) is 14.7 Å². The minimum atomic E-state index is -1.30. The first-order valence-corrected chi connectivity index (χ1v) is 14.8. The molecule has 0 radical (unpaired) electrons. The normalized spacial score (nSPS) is 17.9. The summed E-state index contributed by atoms with van der Waals surface area (Å²) in [6.45, 7) is 7.60. The molecule has 8 nitrogen and oxygen atoms in total. The fourth-order valence-electron chi connectivity index (χ4n) is 4.27. The Hall–Kier alpha value is -3.04. The number of hydrogen-bond acceptors (Lipinski definition) is 6. The van der Waals surface area contributed by atoms with Crippen molar-refractivity contribution in [1.29, 1.82) is 0 Å². The molecule has 2 amide bonds. The lowest BCUT2D eigenvalue weighted by Gasteiger charge is -2.35. The van der Waals surface area contributed by atoms with Crippen LogP contribution in [0.5, 0.6) is 11.5 Å². The molecule has 2 aromatic carbocycles. The minimum absolute atomic E-state index is 0.00823. The molecule has 0 spiro atoms. The highest BCUT2D eigenvalue weighted by atomic mass is 28.3. The van der Waals surface area contributed by atoms with E-state index in [0.717, 1.165) is 17.2 Å². The standard InChI is InChI=1S/C24H31N3O5Si/c1-31-22-11-18-19(12-21(22)28)27(14-32-7-8-33(2,3)4)24(30)20-10-15-5-6-17(25)9-16(15)13-26(20)23(18)29/h5-6,9,11-12,20,28H,7-8,10,13-14,25H2,1-4H3/t20-/m0/s1. The minimum Gasteiger partial charge on any atom is -0.504 e. The van der Waals surface area contributed by atoms with Gasteiger partial charge in [-0.15, -0.1) is 0 Å². The number of carbonyl (C=O) groups excluding carboxylic acids is 2. The van der Waals surface area contributed by atoms with E-state index < -0.39 is 14.1 Å². The first-order valence-electron chi connectivity index (χ1n) is 11.1. The van der Waals surface area contributed by atoms with E-state index in [-0.39, 0.29) is 36.6 Å². The van der Waals surface area contributed by atoms with Crippen LogP contribution >= 0.6 is 0 Å². The average molecular weight is 470 g/mol. The summed E-state index contributed by atoms with van der Waals surface area (Å²) in [6.07, 6.45) is 0.392. The third kappa shape index (κ3) is 4.56. The largest absolute Gasteiger partial charge is 0.504 e. The van der Waals surface area contributed by atoms with Gasteiger partial charge in [0, 0.05) is 39.4 Å². The average Bonchev–Trinajstić information content (AvgIpc) is 2.83. The van der Waals surface area contributed by atoms with Crippen LogP contribution in [0.25, 0.3) is 0 Å². The number of nitrogen functional groups attached to an aromatic ring is 1. The Bertz CT molecular complexity index is 1100. The number of fused-ring (bicyclic) bond motifs is 3. The molecule has 2 aromatic rings. The second-order valence-electron chi connectivity index (χ2n) is 9.84. The van der Waals surface area contributed by atoms with E-state index in [1.807, 2.05) is 18.2 Å². The number of amides is 2. The molecule has 0 unspecified atom stereocenters. The van der Waals surface area contributed by atoms with E-state index in [1.54, 1.807) is 4.90 Å². The number of aromatic hydroxyl groups is 1. The second kappa shape index (κ2) is 8.72. The van der Waals surface area contributed by atoms with Crippen LogP contribution in [0.2, 0.25) is 25.7 Å². The third-order valence-corrected chi connectivity index (χ3v) is 7.91. The Morgan fingerprint density at radius 1 is 1.15 bits per heavy atom. The molecule has 176 valence electrons. The number of nitrogens with zero attached hydrogens (tertiary/aromatic N) is 2. The molecule has 2 aliphatic rings. The predicted octanol–water partition coefficient (Wildman–Crippen LogP) is 3.21. The number of benzene rings is 2. The number of phenols is 1. The lowest BCUT2D eigenvalue weighted by Crippen LogP contribution is -2.52. The van der Waals surface area contributed by atoms with Gasteiger partial charge in [0.05, 0.1) is 18.4 Å². The molecule has 1 atom stereocenters. The first kappa shape index (κ1) is 23.1. The van der Waals surface area contributed by atoms with Crippen molar-refractivity contribution in [2.24, 2.45) is 0 Å². The van der Waals surface area contributed by atoms with Gasteiger partial charge >= 0.3 is 0 Å². The Balaban J connectivity index is 1.73. The Kier molecular flexibility index (Phi) is 6.11. The van der Waals surface area contributed by atoms with E-state index in [2.05, 4.69) is 19.6 Å². The predicted molar refractivity (Wildman–Crippen MR) is 129 cm³/mol. The van der Waals surface area contributed by atoms with E-state index in [0.29, 0.717) is 30.0 Å². The highest BCUT2D eigenvalue weighted by molar-refractivity contribution is 6.76. The summed E-state index contributed by atoms with van der Waals surface area (Å²) in [5.74, 6) is -0.490. The smallest absolute Gasteiger partial charge is 0.257 e. The molecular formula is C24H31N3O5Si. The molecule has 2 heterocycles. The fraction of sp³-hybridized carbons (Fsp3) is 0.417. The lowest BCUT2D eigenvalue weighted by atomic mass is 9.92. The van der Waals surface area contributed by atoms with Crippen molar-refractivity contribution in [3.8, 4) is 11.5 Å². The molecule has 0 saturated carbocycles. The second-order valence-corrected chi connectivity index (χ2v) is 15.5. The van der Waals surface area contributed by atoms with Crippen LogP contribution < -0.4 is 15.4 Å². The summed E-state index contributed by atoms with van der Waals surface area (Å²) in [5.41, 5.74) is 9.12. The molecule has 2 aliphatic heterocycles. The Morgan fingerprint density at radius 2 is 1.91 bits per heavy atom. The van der Waals surface area contributed by atoms with Gasteiger partial charge in [-0.3, -0.25) is 14.5 Å². The number of carbonyl (C=O) groups is 2. The summed E-state index contributed by atoms with van der Waals surface area (Å²) < 4.78 is 11.1. The van der Waals surface area contributed by atoms with Crippen LogP contribution in [0.4, 0.5) is 11.4 Å². The summed E-state index contributed by atoms with van der Waals surface area (Å²) >= 11 is 0. The van der Waals surface area contributed by atoms with Gasteiger partial charge in [-0.25, -0.2) is 0 Å². The van der Waals surface area contributed by atoms with Crippen molar-refractivity contribution in [2.75, 3.05) is 31.1 Å². The van der Waals surface area contributed by atoms with Gasteiger partial charge < -0.3 is 25.2 Å². The highest BCUT2D eigenvalue weighted by Gasteiger charge is 2.42. The molecule has 33 heavy (non-hydrogen) atoms. The van der Waals surface area contributed by atoms with Crippen molar-refractivity contribution >= 4 is 31.3 Å². The highest BCUT2D eigenvalue weighted by Crippen LogP contribution is 2.39. The zero-order valence-corrected chi connectivity index (χ0v) is 20.6. The summed E-state index contributed by atoms with van der Waals surface area (Å²) in [4.78, 5) is 30.4. The zero-order valence-electron chi connectivity index (χ0n) is 19.6. The molecule has 0 aromatic heterocycles. The molecule has 4 rings (SSSR count). The number of methoxy groups -OCH3 is 1. The monoisotopic (exact) mass is 469 g/mol. The molecule has 0 fully saturated rings. The number of anilines is 2. The summed E-state index contributed by atoms with van der Waals surface area (Å²) in [6, 6.07) is 8.77. The van der Waals surface area contributed by atoms with Gasteiger partial charge in [-0.1, -0.05) is 25.7 Å². The molecule has 3 N–H and O–H groups in total. The maximum Gasteiger partial charge on any atom is 0.257 e. The SMILES string of the molecule is COc1cc2c(cc1O)N(COCC[Si](C)(C)C)C(=O)[C@@H]1Cc3ccc(N)cc3CN1C2=O. The topological polar surface area (TPSA) is 105 Å². The molecule has 0 bridgehead atoms. The molecule has 0 saturated heterocycles. The molecule has 9 heteroatoms. The van der Waals surface area contributed by atoms with Crippen molar-refractivity contribution in [3.63, 3.8) is 0 Å². The van der Waals surface area contributed by atoms with E-state index >= 15 is 0 Å². The molecule has 0 aliphatic carbocycles. The van der Waals surface area contributed by atoms with Crippen LogP contribution in [0, 0.1) is 0 Å². The Morgan fingerprint density at radius 3 is 2.61 bits per heavy atom. The number of phenolic OH excluding ortho intramolecular Hbond substituents is 1. The van der Waals surface area contributed by atoms with Crippen LogP contribution in [0.1, 0.15) is 21.5 Å². The van der Waals surface area contributed by atoms with Crippen LogP contribution in [0.15, 0.2) is 30.3 Å². The number of nitrogens with two attached hydrogens (primary N) is 1. The zero-order chi connectivity index (χ0) is 23.9. The van der Waals surface area contributed by atoms with Crippen molar-refractivity contribution in [3.05, 3.63) is 47.0 Å².